The van der Waals surface area contributed by atoms with E-state index in [-0.39, 0.29) is 6.54 Å². The quantitative estimate of drug-likeness (QED) is 0.711. The third kappa shape index (κ3) is 2.16. The predicted octanol–water partition coefficient (Wildman–Crippen LogP) is 0.987. The van der Waals surface area contributed by atoms with Crippen LogP contribution in [0.5, 0.6) is 0 Å². The highest BCUT2D eigenvalue weighted by atomic mass is 16.5. The highest BCUT2D eigenvalue weighted by Crippen LogP contribution is 2.40. The first kappa shape index (κ1) is 10.8. The Morgan fingerprint density at radius 2 is 2.14 bits per heavy atom. The number of carbonyl (C=O) groups is 2. The maximum absolute atomic E-state index is 10.9. The van der Waals surface area contributed by atoms with E-state index in [4.69, 9.17) is 5.11 Å². The summed E-state index contributed by atoms with van der Waals surface area (Å²) in [6.07, 6.45) is 1.64. The smallest absolute Gasteiger partial charge is 0.407 e. The molecule has 0 aliphatic heterocycles. The summed E-state index contributed by atoms with van der Waals surface area (Å²) in [5.74, 6) is -0.833. The molecule has 0 heterocycles. The van der Waals surface area contributed by atoms with E-state index in [2.05, 4.69) is 10.1 Å². The number of nitrogens with one attached hydrogen (secondary N) is 1. The molecule has 0 aromatic heterocycles. The van der Waals surface area contributed by atoms with Crippen molar-refractivity contribution in [2.45, 2.75) is 26.2 Å². The Labute approximate surface area is 82.4 Å². The molecule has 1 aliphatic carbocycles. The molecule has 0 aromatic rings. The average Bonchev–Trinajstić information content (AvgIpc) is 2.02. The second kappa shape index (κ2) is 4.30. The summed E-state index contributed by atoms with van der Waals surface area (Å²) in [6, 6.07) is 0. The molecule has 5 nitrogen and oxygen atoms in total. The summed E-state index contributed by atoms with van der Waals surface area (Å²) >= 11 is 0. The van der Waals surface area contributed by atoms with Crippen molar-refractivity contribution in [3.63, 3.8) is 0 Å². The SMILES string of the molecule is CCOC(=O)NCC1(C(=O)O)CCC1. The molecule has 0 radical (unpaired) electrons. The Hall–Kier alpha value is -1.26. The first-order valence-electron chi connectivity index (χ1n) is 4.75. The van der Waals surface area contributed by atoms with Crippen molar-refractivity contribution in [2.75, 3.05) is 13.2 Å². The van der Waals surface area contributed by atoms with Crippen LogP contribution in [0.15, 0.2) is 0 Å². The summed E-state index contributed by atoms with van der Waals surface area (Å²) in [7, 11) is 0. The van der Waals surface area contributed by atoms with E-state index in [1.54, 1.807) is 6.92 Å². The van der Waals surface area contributed by atoms with Gasteiger partial charge in [-0.25, -0.2) is 4.79 Å². The normalized spacial score (nSPS) is 18.1. The van der Waals surface area contributed by atoms with Gasteiger partial charge < -0.3 is 15.2 Å². The van der Waals surface area contributed by atoms with Gasteiger partial charge in [-0.05, 0) is 19.8 Å². The van der Waals surface area contributed by atoms with Crippen LogP contribution in [0, 0.1) is 5.41 Å². The minimum atomic E-state index is -0.833. The first-order valence-corrected chi connectivity index (χ1v) is 4.75. The molecule has 0 aromatic carbocycles. The van der Waals surface area contributed by atoms with E-state index in [1.165, 1.54) is 0 Å². The predicted molar refractivity (Wildman–Crippen MR) is 48.9 cm³/mol. The van der Waals surface area contributed by atoms with Crippen molar-refractivity contribution in [2.24, 2.45) is 5.41 Å². The topological polar surface area (TPSA) is 75.6 Å². The summed E-state index contributed by atoms with van der Waals surface area (Å²) in [6.45, 7) is 2.17. The Morgan fingerprint density at radius 3 is 2.50 bits per heavy atom. The largest absolute Gasteiger partial charge is 0.481 e. The van der Waals surface area contributed by atoms with Gasteiger partial charge in [0.25, 0.3) is 0 Å². The zero-order valence-electron chi connectivity index (χ0n) is 8.21. The van der Waals surface area contributed by atoms with Crippen molar-refractivity contribution >= 4 is 12.1 Å². The van der Waals surface area contributed by atoms with Gasteiger partial charge in [-0.15, -0.1) is 0 Å². The third-order valence-corrected chi connectivity index (χ3v) is 2.61. The second-order valence-electron chi connectivity index (χ2n) is 3.51. The molecular weight excluding hydrogens is 186 g/mol. The van der Waals surface area contributed by atoms with Crippen molar-refractivity contribution in [3.05, 3.63) is 0 Å². The molecule has 0 bridgehead atoms. The van der Waals surface area contributed by atoms with Gasteiger partial charge in [-0.2, -0.15) is 0 Å². The van der Waals surface area contributed by atoms with E-state index in [9.17, 15) is 9.59 Å². The number of carboxylic acid groups (broad SMARTS) is 1. The van der Waals surface area contributed by atoms with Gasteiger partial charge in [0.2, 0.25) is 0 Å². The summed E-state index contributed by atoms with van der Waals surface area (Å²) in [5, 5.41) is 11.4. The third-order valence-electron chi connectivity index (χ3n) is 2.61. The van der Waals surface area contributed by atoms with Crippen LogP contribution in [0.25, 0.3) is 0 Å². The van der Waals surface area contributed by atoms with Crippen LogP contribution >= 0.6 is 0 Å². The van der Waals surface area contributed by atoms with Crippen molar-refractivity contribution in [3.8, 4) is 0 Å². The molecule has 0 atom stereocenters. The Balaban J connectivity index is 2.35. The molecule has 2 N–H and O–H groups in total. The highest BCUT2D eigenvalue weighted by Gasteiger charge is 2.44. The first-order chi connectivity index (χ1) is 6.60. The number of aliphatic carboxylic acids is 1. The van der Waals surface area contributed by atoms with Crippen LogP contribution in [0.3, 0.4) is 0 Å². The maximum Gasteiger partial charge on any atom is 0.407 e. The zero-order valence-corrected chi connectivity index (χ0v) is 8.21. The molecule has 80 valence electrons. The molecule has 1 aliphatic rings. The van der Waals surface area contributed by atoms with Crippen LogP contribution in [0.1, 0.15) is 26.2 Å². The fraction of sp³-hybridized carbons (Fsp3) is 0.778. The fourth-order valence-corrected chi connectivity index (χ4v) is 1.49. The van der Waals surface area contributed by atoms with Gasteiger partial charge in [-0.3, -0.25) is 4.79 Å². The van der Waals surface area contributed by atoms with Crippen molar-refractivity contribution < 1.29 is 19.4 Å². The molecule has 1 rings (SSSR count). The van der Waals surface area contributed by atoms with Crippen LogP contribution in [0.4, 0.5) is 4.79 Å². The van der Waals surface area contributed by atoms with Gasteiger partial charge >= 0.3 is 12.1 Å². The van der Waals surface area contributed by atoms with Gasteiger partial charge in [0.05, 0.1) is 12.0 Å². The summed E-state index contributed by atoms with van der Waals surface area (Å²) in [4.78, 5) is 21.8. The van der Waals surface area contributed by atoms with E-state index in [0.29, 0.717) is 19.4 Å². The maximum atomic E-state index is 10.9. The fourth-order valence-electron chi connectivity index (χ4n) is 1.49. The molecule has 5 heteroatoms. The Morgan fingerprint density at radius 1 is 1.50 bits per heavy atom. The molecule has 1 fully saturated rings. The summed E-state index contributed by atoms with van der Waals surface area (Å²) in [5.41, 5.74) is -0.743. The molecular formula is C9H15NO4. The lowest BCUT2D eigenvalue weighted by atomic mass is 9.69. The lowest BCUT2D eigenvalue weighted by Crippen LogP contribution is -2.47. The lowest BCUT2D eigenvalue weighted by molar-refractivity contribution is -0.153. The average molecular weight is 201 g/mol. The monoisotopic (exact) mass is 201 g/mol. The number of hydrogen-bond acceptors (Lipinski definition) is 3. The van der Waals surface area contributed by atoms with E-state index in [0.717, 1.165) is 6.42 Å². The van der Waals surface area contributed by atoms with Crippen LogP contribution in [-0.2, 0) is 9.53 Å². The molecule has 1 saturated carbocycles. The number of amides is 1. The van der Waals surface area contributed by atoms with Gasteiger partial charge in [0, 0.05) is 6.54 Å². The number of hydrogen-bond donors (Lipinski definition) is 2. The standard InChI is InChI=1S/C9H15NO4/c1-2-14-8(13)10-6-9(7(11)12)4-3-5-9/h2-6H2,1H3,(H,10,13)(H,11,12). The number of carboxylic acids is 1. The van der Waals surface area contributed by atoms with Crippen LogP contribution in [0.2, 0.25) is 0 Å². The molecule has 0 spiro atoms. The zero-order chi connectivity index (χ0) is 10.6. The summed E-state index contributed by atoms with van der Waals surface area (Å²) < 4.78 is 4.64. The number of alkyl carbamates (subject to hydrolysis) is 1. The molecule has 0 unspecified atom stereocenters. The Kier molecular flexibility index (Phi) is 3.33. The van der Waals surface area contributed by atoms with Gasteiger partial charge in [0.15, 0.2) is 0 Å². The van der Waals surface area contributed by atoms with E-state index >= 15 is 0 Å². The van der Waals surface area contributed by atoms with Crippen molar-refractivity contribution in [1.29, 1.82) is 0 Å². The van der Waals surface area contributed by atoms with Crippen LogP contribution in [-0.4, -0.2) is 30.3 Å². The molecule has 14 heavy (non-hydrogen) atoms. The van der Waals surface area contributed by atoms with E-state index < -0.39 is 17.5 Å². The molecule has 0 saturated heterocycles. The van der Waals surface area contributed by atoms with Crippen molar-refractivity contribution in [1.82, 2.24) is 5.32 Å². The minimum absolute atomic E-state index is 0.168. The minimum Gasteiger partial charge on any atom is -0.481 e. The van der Waals surface area contributed by atoms with Gasteiger partial charge in [-0.1, -0.05) is 6.42 Å². The molecule has 1 amide bonds. The van der Waals surface area contributed by atoms with Crippen LogP contribution < -0.4 is 5.32 Å². The number of rotatable bonds is 4. The Bertz CT molecular complexity index is 235. The second-order valence-corrected chi connectivity index (χ2v) is 3.51. The van der Waals surface area contributed by atoms with Gasteiger partial charge in [0.1, 0.15) is 0 Å². The van der Waals surface area contributed by atoms with E-state index in [1.807, 2.05) is 0 Å². The highest BCUT2D eigenvalue weighted by molar-refractivity contribution is 5.77. The number of ether oxygens (including phenoxy) is 1. The lowest BCUT2D eigenvalue weighted by Gasteiger charge is -2.37. The number of carbonyl (C=O) groups excluding carboxylic acids is 1.